The van der Waals surface area contributed by atoms with Crippen LogP contribution >= 0.6 is 0 Å². The Hall–Kier alpha value is -3.93. The first-order chi connectivity index (χ1) is 40.5. The van der Waals surface area contributed by atoms with Gasteiger partial charge in [0.2, 0.25) is 0 Å². The highest BCUT2D eigenvalue weighted by Crippen LogP contribution is 2.17. The van der Waals surface area contributed by atoms with E-state index in [9.17, 15) is 14.4 Å². The first kappa shape index (κ1) is 78.1. The smallest absolute Gasteiger partial charge is 0.306 e. The maximum absolute atomic E-state index is 12.9. The highest BCUT2D eigenvalue weighted by atomic mass is 16.6. The number of hydrogen-bond acceptors (Lipinski definition) is 6. The van der Waals surface area contributed by atoms with Gasteiger partial charge in [0.25, 0.3) is 0 Å². The van der Waals surface area contributed by atoms with Crippen molar-refractivity contribution in [1.29, 1.82) is 0 Å². The predicted molar refractivity (Wildman–Crippen MR) is 357 cm³/mol. The topological polar surface area (TPSA) is 78.9 Å². The third-order valence-corrected chi connectivity index (χ3v) is 15.0. The van der Waals surface area contributed by atoms with Crippen LogP contribution in [0.3, 0.4) is 0 Å². The molecule has 0 aliphatic carbocycles. The molecule has 1 unspecified atom stereocenters. The molecule has 0 heterocycles. The lowest BCUT2D eigenvalue weighted by Gasteiger charge is -2.18. The van der Waals surface area contributed by atoms with Crippen molar-refractivity contribution in [2.45, 2.75) is 341 Å². The molecular weight excluding hydrogens is 1010 g/mol. The molecule has 0 spiro atoms. The Labute approximate surface area is 508 Å². The number of hydrogen-bond donors (Lipinski definition) is 0. The normalized spacial score (nSPS) is 12.8. The van der Waals surface area contributed by atoms with E-state index < -0.39 is 6.10 Å². The lowest BCUT2D eigenvalue weighted by molar-refractivity contribution is -0.167. The molecule has 82 heavy (non-hydrogen) atoms. The van der Waals surface area contributed by atoms with Crippen molar-refractivity contribution >= 4 is 17.9 Å². The van der Waals surface area contributed by atoms with Crippen molar-refractivity contribution in [3.05, 3.63) is 109 Å². The van der Waals surface area contributed by atoms with Gasteiger partial charge in [0.1, 0.15) is 13.2 Å². The summed E-state index contributed by atoms with van der Waals surface area (Å²) in [6.07, 6.45) is 95.6. The Morgan fingerprint density at radius 3 is 0.744 bits per heavy atom. The molecule has 0 aliphatic rings. The van der Waals surface area contributed by atoms with Crippen LogP contribution in [0.2, 0.25) is 0 Å². The summed E-state index contributed by atoms with van der Waals surface area (Å²) in [7, 11) is 0. The van der Waals surface area contributed by atoms with Gasteiger partial charge in [-0.25, -0.2) is 0 Å². The molecule has 0 aromatic heterocycles. The zero-order valence-electron chi connectivity index (χ0n) is 54.0. The van der Waals surface area contributed by atoms with Crippen LogP contribution < -0.4 is 0 Å². The molecule has 0 amide bonds. The third-order valence-electron chi connectivity index (χ3n) is 15.0. The van der Waals surface area contributed by atoms with E-state index in [-0.39, 0.29) is 31.1 Å². The average Bonchev–Trinajstić information content (AvgIpc) is 3.47. The summed E-state index contributed by atoms with van der Waals surface area (Å²) >= 11 is 0. The van der Waals surface area contributed by atoms with Crippen LogP contribution in [-0.2, 0) is 28.6 Å². The lowest BCUT2D eigenvalue weighted by atomic mass is 10.0. The van der Waals surface area contributed by atoms with Gasteiger partial charge in [-0.2, -0.15) is 0 Å². The van der Waals surface area contributed by atoms with Gasteiger partial charge in [-0.05, 0) is 103 Å². The summed E-state index contributed by atoms with van der Waals surface area (Å²) in [6.45, 7) is 6.42. The first-order valence-corrected chi connectivity index (χ1v) is 34.9. The van der Waals surface area contributed by atoms with Crippen LogP contribution in [0.15, 0.2) is 109 Å². The van der Waals surface area contributed by atoms with Crippen molar-refractivity contribution in [3.8, 4) is 0 Å². The van der Waals surface area contributed by atoms with Gasteiger partial charge in [0.05, 0.1) is 0 Å². The van der Waals surface area contributed by atoms with Gasteiger partial charge in [0.15, 0.2) is 6.10 Å². The van der Waals surface area contributed by atoms with E-state index in [0.29, 0.717) is 19.3 Å². The Bertz CT molecular complexity index is 1640. The second-order valence-electron chi connectivity index (χ2n) is 23.0. The van der Waals surface area contributed by atoms with Gasteiger partial charge < -0.3 is 14.2 Å². The van der Waals surface area contributed by atoms with Gasteiger partial charge in [0, 0.05) is 19.3 Å². The van der Waals surface area contributed by atoms with E-state index in [0.717, 1.165) is 135 Å². The van der Waals surface area contributed by atoms with E-state index in [1.807, 2.05) is 0 Å². The summed E-state index contributed by atoms with van der Waals surface area (Å²) in [5.41, 5.74) is 0. The fraction of sp³-hybridized carbons (Fsp3) is 0.724. The highest BCUT2D eigenvalue weighted by Gasteiger charge is 2.19. The van der Waals surface area contributed by atoms with E-state index in [1.54, 1.807) is 0 Å². The summed E-state index contributed by atoms with van der Waals surface area (Å²) in [5.74, 6) is -0.889. The van der Waals surface area contributed by atoms with Crippen molar-refractivity contribution in [2.75, 3.05) is 13.2 Å². The standard InChI is InChI=1S/C76H130O6/c1-4-7-10-13-16-19-22-24-26-28-30-32-33-34-35-36-37-38-39-40-41-42-43-45-46-48-50-52-54-57-60-63-66-69-75(78)81-72-73(71-80-74(77)68-65-62-59-56-21-18-15-12-9-6-3)82-76(79)70-67-64-61-58-55-53-51-49-47-44-31-29-27-25-23-20-17-14-11-8-5-2/h7-8,10-11,16-17,19-20,24-27,30-32,44,49,51,73H,4-6,9,12-15,18,21-23,28-29,33-43,45-48,50,52-72H2,1-3H3/b10-7-,11-8-,19-16-,20-17-,26-24-,27-25-,32-30-,44-31-,51-49-. The first-order valence-electron chi connectivity index (χ1n) is 34.9. The second kappa shape index (κ2) is 69.6. The quantitative estimate of drug-likeness (QED) is 0.0261. The van der Waals surface area contributed by atoms with E-state index in [4.69, 9.17) is 14.2 Å². The average molecular weight is 1140 g/mol. The maximum Gasteiger partial charge on any atom is 0.306 e. The van der Waals surface area contributed by atoms with Gasteiger partial charge in [-0.15, -0.1) is 0 Å². The second-order valence-corrected chi connectivity index (χ2v) is 23.0. The molecule has 0 aliphatic heterocycles. The molecule has 1 atom stereocenters. The molecule has 0 rings (SSSR count). The van der Waals surface area contributed by atoms with Crippen molar-refractivity contribution in [2.24, 2.45) is 0 Å². The number of allylic oxidation sites excluding steroid dienone is 18. The van der Waals surface area contributed by atoms with E-state index in [1.165, 1.54) is 161 Å². The van der Waals surface area contributed by atoms with Gasteiger partial charge in [-0.3, -0.25) is 14.4 Å². The molecule has 0 aromatic carbocycles. The number of carbonyl (C=O) groups is 3. The summed E-state index contributed by atoms with van der Waals surface area (Å²) < 4.78 is 16.9. The highest BCUT2D eigenvalue weighted by molar-refractivity contribution is 5.71. The Morgan fingerprint density at radius 1 is 0.256 bits per heavy atom. The number of ether oxygens (including phenoxy) is 3. The van der Waals surface area contributed by atoms with Crippen LogP contribution in [0.25, 0.3) is 0 Å². The number of unbranched alkanes of at least 4 members (excludes halogenated alkanes) is 34. The predicted octanol–water partition coefficient (Wildman–Crippen LogP) is 24.2. The molecule has 0 N–H and O–H groups in total. The molecule has 6 nitrogen and oxygen atoms in total. The monoisotopic (exact) mass is 1140 g/mol. The molecule has 6 heteroatoms. The van der Waals surface area contributed by atoms with Gasteiger partial charge in [-0.1, -0.05) is 323 Å². The molecule has 470 valence electrons. The van der Waals surface area contributed by atoms with Crippen molar-refractivity contribution in [1.82, 2.24) is 0 Å². The summed E-state index contributed by atoms with van der Waals surface area (Å²) in [5, 5.41) is 0. The SMILES string of the molecule is CC/C=C\C/C=C\C/C=C\C/C=C\C/C=C\CCCCCCCC(=O)OC(COC(=O)CCCCCCCCCCCC)COC(=O)CCCCCCCCCCCCCCCCCCCCCC/C=C\C/C=C\C/C=C\C/C=C\CC. The Balaban J connectivity index is 4.15. The fourth-order valence-electron chi connectivity index (χ4n) is 9.88. The molecule has 0 radical (unpaired) electrons. The Morgan fingerprint density at radius 2 is 0.476 bits per heavy atom. The minimum Gasteiger partial charge on any atom is -0.462 e. The largest absolute Gasteiger partial charge is 0.462 e. The van der Waals surface area contributed by atoms with Crippen LogP contribution in [0.1, 0.15) is 335 Å². The molecule has 0 bridgehead atoms. The minimum atomic E-state index is -0.787. The zero-order chi connectivity index (χ0) is 59.2. The van der Waals surface area contributed by atoms with Crippen LogP contribution in [0.4, 0.5) is 0 Å². The molecule has 0 saturated carbocycles. The summed E-state index contributed by atoms with van der Waals surface area (Å²) in [6, 6.07) is 0. The molecule has 0 saturated heterocycles. The van der Waals surface area contributed by atoms with Crippen LogP contribution in [0.5, 0.6) is 0 Å². The maximum atomic E-state index is 12.9. The number of rotatable bonds is 63. The van der Waals surface area contributed by atoms with E-state index in [2.05, 4.69) is 130 Å². The summed E-state index contributed by atoms with van der Waals surface area (Å²) in [4.78, 5) is 38.3. The molecule has 0 fully saturated rings. The van der Waals surface area contributed by atoms with E-state index >= 15 is 0 Å². The third kappa shape index (κ3) is 66.9. The van der Waals surface area contributed by atoms with Crippen molar-refractivity contribution in [3.63, 3.8) is 0 Å². The molecular formula is C76H130O6. The fourth-order valence-corrected chi connectivity index (χ4v) is 9.88. The number of carbonyl (C=O) groups excluding carboxylic acids is 3. The van der Waals surface area contributed by atoms with Gasteiger partial charge >= 0.3 is 17.9 Å². The lowest BCUT2D eigenvalue weighted by Crippen LogP contribution is -2.30. The minimum absolute atomic E-state index is 0.0821. The molecule has 0 aromatic rings. The number of esters is 3. The Kier molecular flexibility index (Phi) is 66.2. The van der Waals surface area contributed by atoms with Crippen LogP contribution in [-0.4, -0.2) is 37.2 Å². The zero-order valence-corrected chi connectivity index (χ0v) is 54.0. The van der Waals surface area contributed by atoms with Crippen LogP contribution in [0, 0.1) is 0 Å². The van der Waals surface area contributed by atoms with Crippen molar-refractivity contribution < 1.29 is 28.6 Å².